The predicted octanol–water partition coefficient (Wildman–Crippen LogP) is 3.96. The van der Waals surface area contributed by atoms with E-state index in [-0.39, 0.29) is 46.1 Å². The molecular formula is C27H28FN3O6S. The van der Waals surface area contributed by atoms with Crippen molar-refractivity contribution in [2.45, 2.75) is 31.2 Å². The SMILES string of the molecule is CCC(C)NC(=O)c1ccccc1NC(=O)CN(c1cccc(F)c1)S(=O)(=O)c1ccc2c(c1)OCCO2. The van der Waals surface area contributed by atoms with Gasteiger partial charge in [0.05, 0.1) is 21.8 Å². The maximum absolute atomic E-state index is 14.1. The largest absolute Gasteiger partial charge is 0.486 e. The van der Waals surface area contributed by atoms with E-state index in [1.165, 1.54) is 36.4 Å². The van der Waals surface area contributed by atoms with Gasteiger partial charge in [0.25, 0.3) is 15.9 Å². The maximum Gasteiger partial charge on any atom is 0.264 e. The molecule has 1 atom stereocenters. The van der Waals surface area contributed by atoms with E-state index in [2.05, 4.69) is 10.6 Å². The summed E-state index contributed by atoms with van der Waals surface area (Å²) in [5.41, 5.74) is 0.403. The van der Waals surface area contributed by atoms with Gasteiger partial charge < -0.3 is 20.1 Å². The number of hydrogen-bond acceptors (Lipinski definition) is 6. The Bertz CT molecular complexity index is 1450. The third kappa shape index (κ3) is 6.05. The molecule has 11 heteroatoms. The molecule has 38 heavy (non-hydrogen) atoms. The Morgan fingerprint density at radius 2 is 1.74 bits per heavy atom. The topological polar surface area (TPSA) is 114 Å². The molecule has 1 heterocycles. The van der Waals surface area contributed by atoms with Crippen molar-refractivity contribution in [2.75, 3.05) is 29.4 Å². The summed E-state index contributed by atoms with van der Waals surface area (Å²) in [5.74, 6) is -1.11. The molecule has 1 aliphatic rings. The van der Waals surface area contributed by atoms with Crippen LogP contribution in [0.2, 0.25) is 0 Å². The molecule has 200 valence electrons. The molecule has 2 amide bonds. The van der Waals surface area contributed by atoms with Gasteiger partial charge in [-0.1, -0.05) is 25.1 Å². The second kappa shape index (κ2) is 11.5. The number of nitrogens with zero attached hydrogens (tertiary/aromatic N) is 1. The molecule has 4 rings (SSSR count). The molecule has 1 aliphatic heterocycles. The molecular weight excluding hydrogens is 513 g/mol. The first-order chi connectivity index (χ1) is 18.2. The minimum atomic E-state index is -4.35. The molecule has 9 nitrogen and oxygen atoms in total. The van der Waals surface area contributed by atoms with Crippen LogP contribution in [0.5, 0.6) is 11.5 Å². The monoisotopic (exact) mass is 541 g/mol. The fourth-order valence-corrected chi connectivity index (χ4v) is 5.20. The number of anilines is 2. The van der Waals surface area contributed by atoms with Gasteiger partial charge >= 0.3 is 0 Å². The second-order valence-corrected chi connectivity index (χ2v) is 10.5. The molecule has 0 saturated heterocycles. The quantitative estimate of drug-likeness (QED) is 0.424. The minimum Gasteiger partial charge on any atom is -0.486 e. The summed E-state index contributed by atoms with van der Waals surface area (Å²) in [6.07, 6.45) is 0.723. The Hall–Kier alpha value is -4.12. The number of ether oxygens (including phenoxy) is 2. The molecule has 2 N–H and O–H groups in total. The fraction of sp³-hybridized carbons (Fsp3) is 0.259. The molecule has 0 saturated carbocycles. The number of amides is 2. The highest BCUT2D eigenvalue weighted by Gasteiger charge is 2.29. The molecule has 1 unspecified atom stereocenters. The highest BCUT2D eigenvalue weighted by Crippen LogP contribution is 2.34. The van der Waals surface area contributed by atoms with E-state index in [0.717, 1.165) is 16.8 Å². The number of fused-ring (bicyclic) bond motifs is 1. The van der Waals surface area contributed by atoms with E-state index in [4.69, 9.17) is 9.47 Å². The van der Waals surface area contributed by atoms with E-state index >= 15 is 0 Å². The van der Waals surface area contributed by atoms with Crippen LogP contribution in [0.4, 0.5) is 15.8 Å². The lowest BCUT2D eigenvalue weighted by molar-refractivity contribution is -0.114. The number of benzene rings is 3. The summed E-state index contributed by atoms with van der Waals surface area (Å²) in [6.45, 7) is 3.71. The Kier molecular flexibility index (Phi) is 8.16. The van der Waals surface area contributed by atoms with Crippen molar-refractivity contribution in [3.63, 3.8) is 0 Å². The van der Waals surface area contributed by atoms with E-state index in [1.807, 2.05) is 13.8 Å². The summed E-state index contributed by atoms with van der Waals surface area (Å²) in [4.78, 5) is 25.7. The summed E-state index contributed by atoms with van der Waals surface area (Å²) in [7, 11) is -4.35. The summed E-state index contributed by atoms with van der Waals surface area (Å²) < 4.78 is 53.3. The van der Waals surface area contributed by atoms with Gasteiger partial charge in [-0.15, -0.1) is 0 Å². The number of rotatable bonds is 9. The van der Waals surface area contributed by atoms with Crippen molar-refractivity contribution in [3.05, 3.63) is 78.1 Å². The van der Waals surface area contributed by atoms with Crippen LogP contribution < -0.4 is 24.4 Å². The van der Waals surface area contributed by atoms with Crippen LogP contribution in [0.3, 0.4) is 0 Å². The van der Waals surface area contributed by atoms with Crippen LogP contribution in [-0.2, 0) is 14.8 Å². The number of sulfonamides is 1. The first-order valence-electron chi connectivity index (χ1n) is 12.1. The van der Waals surface area contributed by atoms with Crippen LogP contribution in [0, 0.1) is 5.82 Å². The third-order valence-electron chi connectivity index (χ3n) is 5.92. The average Bonchev–Trinajstić information content (AvgIpc) is 2.91. The average molecular weight is 542 g/mol. The van der Waals surface area contributed by atoms with Crippen molar-refractivity contribution in [2.24, 2.45) is 0 Å². The van der Waals surface area contributed by atoms with E-state index in [0.29, 0.717) is 12.4 Å². The molecule has 0 spiro atoms. The normalized spacial score (nSPS) is 13.3. The molecule has 0 aliphatic carbocycles. The van der Waals surface area contributed by atoms with Crippen molar-refractivity contribution in [1.29, 1.82) is 0 Å². The lowest BCUT2D eigenvalue weighted by Gasteiger charge is -2.25. The molecule has 0 fully saturated rings. The third-order valence-corrected chi connectivity index (χ3v) is 7.69. The van der Waals surface area contributed by atoms with Gasteiger partial charge in [-0.3, -0.25) is 13.9 Å². The number of nitrogens with one attached hydrogen (secondary N) is 2. The zero-order chi connectivity index (χ0) is 27.3. The number of para-hydroxylation sites is 1. The highest BCUT2D eigenvalue weighted by molar-refractivity contribution is 7.92. The molecule has 3 aromatic rings. The molecule has 0 aromatic heterocycles. The van der Waals surface area contributed by atoms with Gasteiger partial charge in [0.1, 0.15) is 25.6 Å². The van der Waals surface area contributed by atoms with Crippen LogP contribution in [-0.4, -0.2) is 46.0 Å². The summed E-state index contributed by atoms with van der Waals surface area (Å²) >= 11 is 0. The van der Waals surface area contributed by atoms with Crippen LogP contribution >= 0.6 is 0 Å². The van der Waals surface area contributed by atoms with Gasteiger partial charge in [-0.25, -0.2) is 12.8 Å². The highest BCUT2D eigenvalue weighted by atomic mass is 32.2. The van der Waals surface area contributed by atoms with Gasteiger partial charge in [-0.2, -0.15) is 0 Å². The Labute approximate surface area is 220 Å². The van der Waals surface area contributed by atoms with Gasteiger partial charge in [-0.05, 0) is 55.8 Å². The van der Waals surface area contributed by atoms with Crippen molar-refractivity contribution < 1.29 is 31.9 Å². The van der Waals surface area contributed by atoms with Crippen molar-refractivity contribution in [1.82, 2.24) is 5.32 Å². The lowest BCUT2D eigenvalue weighted by Crippen LogP contribution is -2.38. The van der Waals surface area contributed by atoms with E-state index in [1.54, 1.807) is 24.3 Å². The van der Waals surface area contributed by atoms with E-state index < -0.39 is 28.3 Å². The standard InChI is InChI=1S/C27H28FN3O6S/c1-3-18(2)29-27(33)22-9-4-5-10-23(22)30-26(32)17-31(20-8-6-7-19(28)15-20)38(34,35)21-11-12-24-25(16-21)37-14-13-36-24/h4-12,15-16,18H,3,13-14,17H2,1-2H3,(H,29,33)(H,30,32). The van der Waals surface area contributed by atoms with E-state index in [9.17, 15) is 22.4 Å². The molecule has 0 radical (unpaired) electrons. The van der Waals surface area contributed by atoms with Gasteiger partial charge in [0, 0.05) is 12.1 Å². The van der Waals surface area contributed by atoms with Crippen LogP contribution in [0.15, 0.2) is 71.6 Å². The lowest BCUT2D eigenvalue weighted by atomic mass is 10.1. The Morgan fingerprint density at radius 3 is 2.47 bits per heavy atom. The van der Waals surface area contributed by atoms with Gasteiger partial charge in [0.15, 0.2) is 11.5 Å². The molecule has 0 bridgehead atoms. The summed E-state index contributed by atoms with van der Waals surface area (Å²) in [6, 6.07) is 15.4. The van der Waals surface area contributed by atoms with Gasteiger partial charge in [0.2, 0.25) is 5.91 Å². The minimum absolute atomic E-state index is 0.0437. The summed E-state index contributed by atoms with van der Waals surface area (Å²) in [5, 5.41) is 5.47. The number of carbonyl (C=O) groups excluding carboxylic acids is 2. The smallest absolute Gasteiger partial charge is 0.264 e. The zero-order valence-electron chi connectivity index (χ0n) is 20.9. The fourth-order valence-electron chi connectivity index (χ4n) is 3.77. The Morgan fingerprint density at radius 1 is 1.00 bits per heavy atom. The second-order valence-electron chi connectivity index (χ2n) is 8.67. The number of halogens is 1. The first-order valence-corrected chi connectivity index (χ1v) is 13.5. The maximum atomic E-state index is 14.1. The molecule has 3 aromatic carbocycles. The first kappa shape index (κ1) is 26.9. The zero-order valence-corrected chi connectivity index (χ0v) is 21.8. The van der Waals surface area contributed by atoms with Crippen LogP contribution in [0.1, 0.15) is 30.6 Å². The number of carbonyl (C=O) groups is 2. The number of hydrogen-bond donors (Lipinski definition) is 2. The Balaban J connectivity index is 1.64. The van der Waals surface area contributed by atoms with Crippen molar-refractivity contribution in [3.8, 4) is 11.5 Å². The van der Waals surface area contributed by atoms with Crippen LogP contribution in [0.25, 0.3) is 0 Å². The van der Waals surface area contributed by atoms with Crippen molar-refractivity contribution >= 4 is 33.2 Å². The predicted molar refractivity (Wildman–Crippen MR) is 141 cm³/mol.